The molecule has 0 bridgehead atoms. The van der Waals surface area contributed by atoms with Crippen LogP contribution in [0.25, 0.3) is 16.8 Å². The molecule has 0 spiro atoms. The first-order chi connectivity index (χ1) is 20.7. The summed E-state index contributed by atoms with van der Waals surface area (Å²) < 4.78 is 37.7. The lowest BCUT2D eigenvalue weighted by atomic mass is 9.88. The topological polar surface area (TPSA) is 114 Å². The van der Waals surface area contributed by atoms with Crippen LogP contribution in [0.15, 0.2) is 48.9 Å². The van der Waals surface area contributed by atoms with Crippen LogP contribution in [0.2, 0.25) is 0 Å². The van der Waals surface area contributed by atoms with Crippen molar-refractivity contribution in [1.82, 2.24) is 24.5 Å². The number of nitrogens with zero attached hydrogens (tertiary/aromatic N) is 6. The third-order valence-electron chi connectivity index (χ3n) is 8.69. The van der Waals surface area contributed by atoms with E-state index in [-0.39, 0.29) is 41.1 Å². The van der Waals surface area contributed by atoms with E-state index >= 15 is 8.78 Å². The van der Waals surface area contributed by atoms with Crippen LogP contribution in [0.5, 0.6) is 0 Å². The van der Waals surface area contributed by atoms with Crippen molar-refractivity contribution >= 4 is 28.7 Å². The molecule has 0 unspecified atom stereocenters. The number of ether oxygens (including phenoxy) is 1. The fourth-order valence-electron chi connectivity index (χ4n) is 6.48. The van der Waals surface area contributed by atoms with Gasteiger partial charge >= 0.3 is 0 Å². The number of nitrogens with one attached hydrogen (secondary N) is 1. The Morgan fingerprint density at radius 2 is 1.86 bits per heavy atom. The molecule has 12 heteroatoms. The molecule has 5 heterocycles. The third-order valence-corrected chi connectivity index (χ3v) is 8.69. The Kier molecular flexibility index (Phi) is 7.97. The van der Waals surface area contributed by atoms with Crippen molar-refractivity contribution in [1.29, 1.82) is 0 Å². The second kappa shape index (κ2) is 11.8. The number of benzene rings is 1. The fourth-order valence-corrected chi connectivity index (χ4v) is 6.48. The Hall–Kier alpha value is -4.16. The molecule has 0 aliphatic carbocycles. The van der Waals surface area contributed by atoms with E-state index < -0.39 is 11.6 Å². The number of likely N-dealkylation sites (N-methyl/N-ethyl adjacent to an activating group) is 1. The first-order valence-corrected chi connectivity index (χ1v) is 14.6. The smallest absolute Gasteiger partial charge is 0.229 e. The van der Waals surface area contributed by atoms with E-state index in [9.17, 15) is 4.79 Å². The lowest BCUT2D eigenvalue weighted by Gasteiger charge is -2.46. The molecule has 2 aliphatic heterocycles. The van der Waals surface area contributed by atoms with E-state index in [0.717, 1.165) is 18.5 Å². The van der Waals surface area contributed by atoms with Gasteiger partial charge in [0.1, 0.15) is 11.6 Å². The number of pyridine rings is 1. The number of carbonyl (C=O) groups excluding carboxylic acids is 1. The SMILES string of the molecule is CC(=O)N(C)[C@@H]1[C@H](N)CN(c2ccncc2Nc2ncc3ccc(-c4c(F)cc(C5CCOCC5)cc4F)nn23)C[C@@H]1C. The van der Waals surface area contributed by atoms with E-state index in [0.29, 0.717) is 49.0 Å². The van der Waals surface area contributed by atoms with Crippen molar-refractivity contribution in [2.45, 2.75) is 44.7 Å². The number of amides is 1. The van der Waals surface area contributed by atoms with Crippen molar-refractivity contribution in [2.24, 2.45) is 11.7 Å². The summed E-state index contributed by atoms with van der Waals surface area (Å²) >= 11 is 0. The van der Waals surface area contributed by atoms with Gasteiger partial charge in [0.25, 0.3) is 0 Å². The second-order valence-corrected chi connectivity index (χ2v) is 11.6. The normalized spacial score (nSPS) is 21.3. The predicted molar refractivity (Wildman–Crippen MR) is 160 cm³/mol. The zero-order valence-electron chi connectivity index (χ0n) is 24.5. The number of halogens is 2. The monoisotopic (exact) mass is 590 g/mol. The fraction of sp³-hybridized carbons (Fsp3) is 0.419. The molecule has 3 atom stereocenters. The van der Waals surface area contributed by atoms with E-state index in [1.54, 1.807) is 49.6 Å². The quantitative estimate of drug-likeness (QED) is 0.341. The second-order valence-electron chi connectivity index (χ2n) is 11.6. The highest BCUT2D eigenvalue weighted by Crippen LogP contribution is 2.34. The number of fused-ring (bicyclic) bond motifs is 1. The van der Waals surface area contributed by atoms with Gasteiger partial charge in [0, 0.05) is 52.5 Å². The minimum absolute atomic E-state index is 0.0138. The van der Waals surface area contributed by atoms with Crippen molar-refractivity contribution < 1.29 is 18.3 Å². The number of hydrogen-bond donors (Lipinski definition) is 2. The average Bonchev–Trinajstić information content (AvgIpc) is 3.39. The molecule has 6 rings (SSSR count). The van der Waals surface area contributed by atoms with E-state index in [1.807, 2.05) is 6.07 Å². The molecule has 43 heavy (non-hydrogen) atoms. The Bertz CT molecular complexity index is 1600. The molecule has 10 nitrogen and oxygen atoms in total. The highest BCUT2D eigenvalue weighted by atomic mass is 19.1. The van der Waals surface area contributed by atoms with Gasteiger partial charge < -0.3 is 25.6 Å². The number of rotatable bonds is 6. The molecule has 4 aromatic rings. The molecule has 0 radical (unpaired) electrons. The Morgan fingerprint density at radius 1 is 1.12 bits per heavy atom. The Balaban J connectivity index is 1.28. The molecular weight excluding hydrogens is 554 g/mol. The standard InChI is InChI=1S/C31H36F2N8O2/c1-18-16-40(17-25(34)30(18)39(3)19(2)42)28-6-9-35-15-27(28)37-31-36-14-22-4-5-26(38-41(22)31)29-23(32)12-21(13-24(29)33)20-7-10-43-11-8-20/h4-6,9,12-15,18,20,25,30H,7-8,10-11,16-17,34H2,1-3H3,(H,36,37)/t18-,25+,30-/m0/s1. The summed E-state index contributed by atoms with van der Waals surface area (Å²) in [5, 5.41) is 7.89. The van der Waals surface area contributed by atoms with Crippen molar-refractivity contribution in [3.63, 3.8) is 0 Å². The minimum atomic E-state index is -0.651. The summed E-state index contributed by atoms with van der Waals surface area (Å²) in [5.74, 6) is -0.755. The zero-order chi connectivity index (χ0) is 30.2. The molecule has 1 amide bonds. The number of hydrogen-bond acceptors (Lipinski definition) is 8. The number of carbonyl (C=O) groups is 1. The molecule has 2 fully saturated rings. The van der Waals surface area contributed by atoms with Crippen LogP contribution >= 0.6 is 0 Å². The maximum absolute atomic E-state index is 15.4. The van der Waals surface area contributed by atoms with Crippen molar-refractivity contribution in [2.75, 3.05) is 43.6 Å². The summed E-state index contributed by atoms with van der Waals surface area (Å²) in [7, 11) is 1.79. The maximum atomic E-state index is 15.4. The largest absolute Gasteiger partial charge is 0.381 e. The first-order valence-electron chi connectivity index (χ1n) is 14.6. The van der Waals surface area contributed by atoms with Gasteiger partial charge in [0.15, 0.2) is 0 Å². The van der Waals surface area contributed by atoms with Crippen molar-refractivity contribution in [3.8, 4) is 11.3 Å². The van der Waals surface area contributed by atoms with Crippen molar-refractivity contribution in [3.05, 3.63) is 66.1 Å². The Labute approximate surface area is 248 Å². The highest BCUT2D eigenvalue weighted by molar-refractivity contribution is 5.75. The van der Waals surface area contributed by atoms with Crippen LogP contribution < -0.4 is 16.0 Å². The van der Waals surface area contributed by atoms with Gasteiger partial charge in [-0.15, -0.1) is 0 Å². The molecule has 3 N–H and O–H groups in total. The van der Waals surface area contributed by atoms with Crippen LogP contribution in [0.3, 0.4) is 0 Å². The molecule has 3 aromatic heterocycles. The maximum Gasteiger partial charge on any atom is 0.229 e. The molecule has 0 saturated carbocycles. The van der Waals surface area contributed by atoms with Gasteiger partial charge in [0.05, 0.1) is 46.6 Å². The summed E-state index contributed by atoms with van der Waals surface area (Å²) in [6, 6.07) is 7.73. The van der Waals surface area contributed by atoms with Crippen LogP contribution in [-0.4, -0.2) is 75.8 Å². The molecule has 2 aliphatic rings. The van der Waals surface area contributed by atoms with Gasteiger partial charge in [-0.05, 0) is 60.6 Å². The number of aromatic nitrogens is 4. The molecular formula is C31H36F2N8O2. The third kappa shape index (κ3) is 5.64. The molecule has 2 saturated heterocycles. The number of nitrogens with two attached hydrogens (primary N) is 1. The number of piperidine rings is 1. The summed E-state index contributed by atoms with van der Waals surface area (Å²) in [5.41, 5.74) is 9.40. The van der Waals surface area contributed by atoms with Gasteiger partial charge in [-0.3, -0.25) is 9.78 Å². The van der Waals surface area contributed by atoms with Crippen LogP contribution in [0.1, 0.15) is 38.2 Å². The van der Waals surface area contributed by atoms with Gasteiger partial charge in [-0.1, -0.05) is 6.92 Å². The van der Waals surface area contributed by atoms with Crippen LogP contribution in [0, 0.1) is 17.6 Å². The summed E-state index contributed by atoms with van der Waals surface area (Å²) in [6.45, 7) is 6.04. The Morgan fingerprint density at radius 3 is 2.56 bits per heavy atom. The van der Waals surface area contributed by atoms with Crippen LogP contribution in [0.4, 0.5) is 26.1 Å². The highest BCUT2D eigenvalue weighted by Gasteiger charge is 2.36. The van der Waals surface area contributed by atoms with Crippen LogP contribution in [-0.2, 0) is 9.53 Å². The molecule has 1 aromatic carbocycles. The van der Waals surface area contributed by atoms with Gasteiger partial charge in [-0.2, -0.15) is 9.61 Å². The van der Waals surface area contributed by atoms with E-state index in [1.165, 1.54) is 16.6 Å². The predicted octanol–water partition coefficient (Wildman–Crippen LogP) is 4.34. The molecule has 226 valence electrons. The summed E-state index contributed by atoms with van der Waals surface area (Å²) in [4.78, 5) is 24.7. The van der Waals surface area contributed by atoms with E-state index in [2.05, 4.69) is 32.2 Å². The zero-order valence-corrected chi connectivity index (χ0v) is 24.5. The lowest BCUT2D eigenvalue weighted by molar-refractivity contribution is -0.131. The first kappa shape index (κ1) is 28.9. The average molecular weight is 591 g/mol. The minimum Gasteiger partial charge on any atom is -0.381 e. The van der Waals surface area contributed by atoms with Gasteiger partial charge in [0.2, 0.25) is 11.9 Å². The number of imidazole rings is 1. The van der Waals surface area contributed by atoms with Gasteiger partial charge in [-0.25, -0.2) is 13.8 Å². The lowest BCUT2D eigenvalue weighted by Crippen LogP contribution is -2.62. The number of anilines is 3. The van der Waals surface area contributed by atoms with E-state index in [4.69, 9.17) is 10.5 Å². The summed E-state index contributed by atoms with van der Waals surface area (Å²) in [6.07, 6.45) is 6.51.